The van der Waals surface area contributed by atoms with E-state index >= 15 is 0 Å². The van der Waals surface area contributed by atoms with Crippen LogP contribution in [0.25, 0.3) is 0 Å². The van der Waals surface area contributed by atoms with Gasteiger partial charge in [-0.25, -0.2) is 0 Å². The lowest BCUT2D eigenvalue weighted by Crippen LogP contribution is -2.46. The number of nitrogens with zero attached hydrogens (tertiary/aromatic N) is 1. The minimum absolute atomic E-state index is 0.114. The minimum atomic E-state index is 0.114. The Labute approximate surface area is 105 Å². The van der Waals surface area contributed by atoms with Gasteiger partial charge in [-0.15, -0.1) is 0 Å². The summed E-state index contributed by atoms with van der Waals surface area (Å²) in [4.78, 5) is 14.7. The Hall–Kier alpha value is -0.570. The summed E-state index contributed by atoms with van der Waals surface area (Å²) in [6.45, 7) is 5.06. The van der Waals surface area contributed by atoms with Crippen LogP contribution in [0.2, 0.25) is 0 Å². The van der Waals surface area contributed by atoms with Crippen molar-refractivity contribution in [2.45, 2.75) is 58.0 Å². The lowest BCUT2D eigenvalue weighted by atomic mass is 9.84. The summed E-state index contributed by atoms with van der Waals surface area (Å²) in [6.07, 6.45) is 6.45. The van der Waals surface area contributed by atoms with Crippen molar-refractivity contribution >= 4 is 5.91 Å². The molecule has 0 spiro atoms. The van der Waals surface area contributed by atoms with E-state index in [0.717, 1.165) is 12.5 Å². The van der Waals surface area contributed by atoms with E-state index in [1.54, 1.807) is 0 Å². The molecule has 3 nitrogen and oxygen atoms in total. The maximum absolute atomic E-state index is 12.5. The number of carbonyl (C=O) groups excluding carboxylic acids is 1. The highest BCUT2D eigenvalue weighted by atomic mass is 16.2. The van der Waals surface area contributed by atoms with Crippen molar-refractivity contribution in [2.75, 3.05) is 13.6 Å². The van der Waals surface area contributed by atoms with Crippen LogP contribution in [0.1, 0.15) is 46.0 Å². The van der Waals surface area contributed by atoms with Crippen LogP contribution in [0.4, 0.5) is 0 Å². The van der Waals surface area contributed by atoms with Gasteiger partial charge in [0.2, 0.25) is 5.91 Å². The smallest absolute Gasteiger partial charge is 0.227 e. The van der Waals surface area contributed by atoms with Gasteiger partial charge in [0.25, 0.3) is 0 Å². The Morgan fingerprint density at radius 3 is 2.82 bits per heavy atom. The Kier molecular flexibility index (Phi) is 4.08. The Balaban J connectivity index is 2.05. The van der Waals surface area contributed by atoms with E-state index in [2.05, 4.69) is 17.1 Å². The summed E-state index contributed by atoms with van der Waals surface area (Å²) in [5, 5.41) is 3.11. The molecule has 0 radical (unpaired) electrons. The molecule has 0 aromatic carbocycles. The summed E-state index contributed by atoms with van der Waals surface area (Å²) in [7, 11) is 1.92. The fourth-order valence-electron chi connectivity index (χ4n) is 3.74. The van der Waals surface area contributed by atoms with E-state index in [0.29, 0.717) is 18.0 Å². The number of hydrogen-bond acceptors (Lipinski definition) is 2. The summed E-state index contributed by atoms with van der Waals surface area (Å²) in [5.74, 6) is 1.26. The van der Waals surface area contributed by atoms with Crippen molar-refractivity contribution in [3.8, 4) is 0 Å². The third kappa shape index (κ3) is 2.49. The van der Waals surface area contributed by atoms with Crippen molar-refractivity contribution in [1.29, 1.82) is 0 Å². The number of likely N-dealkylation sites (tertiary alicyclic amines) is 1. The van der Waals surface area contributed by atoms with Gasteiger partial charge in [-0.2, -0.15) is 0 Å². The summed E-state index contributed by atoms with van der Waals surface area (Å²) >= 11 is 0. The lowest BCUT2D eigenvalue weighted by Gasteiger charge is -2.35. The Morgan fingerprint density at radius 2 is 2.12 bits per heavy atom. The highest BCUT2D eigenvalue weighted by Gasteiger charge is 2.43. The molecule has 2 rings (SSSR count). The molecule has 0 aromatic heterocycles. The van der Waals surface area contributed by atoms with Gasteiger partial charge in [-0.1, -0.05) is 19.8 Å². The predicted octanol–water partition coefficient (Wildman–Crippen LogP) is 2.02. The van der Waals surface area contributed by atoms with E-state index < -0.39 is 0 Å². The second-order valence-corrected chi connectivity index (χ2v) is 5.90. The van der Waals surface area contributed by atoms with Crippen LogP contribution in [-0.2, 0) is 4.79 Å². The monoisotopic (exact) mass is 238 g/mol. The molecule has 0 aromatic rings. The number of rotatable bonds is 3. The molecule has 2 fully saturated rings. The third-order valence-electron chi connectivity index (χ3n) is 4.53. The summed E-state index contributed by atoms with van der Waals surface area (Å²) < 4.78 is 0. The fourth-order valence-corrected chi connectivity index (χ4v) is 3.74. The van der Waals surface area contributed by atoms with Gasteiger partial charge >= 0.3 is 0 Å². The van der Waals surface area contributed by atoms with Crippen molar-refractivity contribution in [1.82, 2.24) is 10.2 Å². The topological polar surface area (TPSA) is 32.3 Å². The SMILES string of the molecule is CNCC(C)C(=O)N1C(C)CC2CCCCC21. The molecular formula is C14H26N2O. The summed E-state index contributed by atoms with van der Waals surface area (Å²) in [5.41, 5.74) is 0. The second kappa shape index (κ2) is 5.38. The molecule has 1 aliphatic carbocycles. The zero-order chi connectivity index (χ0) is 12.4. The van der Waals surface area contributed by atoms with Crippen molar-refractivity contribution in [3.05, 3.63) is 0 Å². The maximum Gasteiger partial charge on any atom is 0.227 e. The number of nitrogens with one attached hydrogen (secondary N) is 1. The minimum Gasteiger partial charge on any atom is -0.336 e. The Morgan fingerprint density at radius 1 is 1.41 bits per heavy atom. The van der Waals surface area contributed by atoms with E-state index in [4.69, 9.17) is 0 Å². The molecule has 4 atom stereocenters. The van der Waals surface area contributed by atoms with Crippen LogP contribution in [0.3, 0.4) is 0 Å². The third-order valence-corrected chi connectivity index (χ3v) is 4.53. The van der Waals surface area contributed by atoms with Gasteiger partial charge in [0.15, 0.2) is 0 Å². The zero-order valence-corrected chi connectivity index (χ0v) is 11.4. The van der Waals surface area contributed by atoms with Crippen LogP contribution in [-0.4, -0.2) is 36.5 Å². The zero-order valence-electron chi connectivity index (χ0n) is 11.4. The van der Waals surface area contributed by atoms with Gasteiger partial charge in [0, 0.05) is 24.5 Å². The lowest BCUT2D eigenvalue weighted by molar-refractivity contribution is -0.138. The quantitative estimate of drug-likeness (QED) is 0.816. The van der Waals surface area contributed by atoms with Crippen LogP contribution in [0.5, 0.6) is 0 Å². The molecule has 98 valence electrons. The normalized spacial score (nSPS) is 34.5. The van der Waals surface area contributed by atoms with Crippen LogP contribution < -0.4 is 5.32 Å². The number of amides is 1. The highest BCUT2D eigenvalue weighted by Crippen LogP contribution is 2.40. The van der Waals surface area contributed by atoms with Gasteiger partial charge in [0.05, 0.1) is 0 Å². The van der Waals surface area contributed by atoms with Gasteiger partial charge in [-0.05, 0) is 39.2 Å². The van der Waals surface area contributed by atoms with Gasteiger partial charge < -0.3 is 10.2 Å². The molecule has 1 saturated carbocycles. The number of fused-ring (bicyclic) bond motifs is 1. The van der Waals surface area contributed by atoms with E-state index in [9.17, 15) is 4.79 Å². The molecule has 1 aliphatic heterocycles. The standard InChI is InChI=1S/C14H26N2O/c1-10(9-15-3)14(17)16-11(2)8-12-6-4-5-7-13(12)16/h10-13,15H,4-9H2,1-3H3. The first kappa shape index (κ1) is 12.9. The first-order chi connectivity index (χ1) is 8.15. The fraction of sp³-hybridized carbons (Fsp3) is 0.929. The largest absolute Gasteiger partial charge is 0.336 e. The molecule has 17 heavy (non-hydrogen) atoms. The van der Waals surface area contributed by atoms with Crippen LogP contribution in [0, 0.1) is 11.8 Å². The summed E-state index contributed by atoms with van der Waals surface area (Å²) in [6, 6.07) is 1.00. The Bertz CT molecular complexity index is 279. The van der Waals surface area contributed by atoms with Crippen LogP contribution >= 0.6 is 0 Å². The molecular weight excluding hydrogens is 212 g/mol. The molecule has 2 aliphatic rings. The molecule has 4 unspecified atom stereocenters. The van der Waals surface area contributed by atoms with Crippen molar-refractivity contribution < 1.29 is 4.79 Å². The predicted molar refractivity (Wildman–Crippen MR) is 69.8 cm³/mol. The van der Waals surface area contributed by atoms with E-state index in [-0.39, 0.29) is 5.92 Å². The molecule has 1 heterocycles. The second-order valence-electron chi connectivity index (χ2n) is 5.90. The average Bonchev–Trinajstić information content (AvgIpc) is 2.64. The molecule has 1 amide bonds. The van der Waals surface area contributed by atoms with Crippen LogP contribution in [0.15, 0.2) is 0 Å². The molecule has 0 bridgehead atoms. The molecule has 1 N–H and O–H groups in total. The number of carbonyl (C=O) groups is 1. The molecule has 1 saturated heterocycles. The van der Waals surface area contributed by atoms with E-state index in [1.165, 1.54) is 32.1 Å². The highest BCUT2D eigenvalue weighted by molar-refractivity contribution is 5.79. The van der Waals surface area contributed by atoms with E-state index in [1.807, 2.05) is 14.0 Å². The molecule has 3 heteroatoms. The maximum atomic E-state index is 12.5. The first-order valence-electron chi connectivity index (χ1n) is 7.12. The van der Waals surface area contributed by atoms with Gasteiger partial charge in [0.1, 0.15) is 0 Å². The number of hydrogen-bond donors (Lipinski definition) is 1. The average molecular weight is 238 g/mol. The van der Waals surface area contributed by atoms with Crippen molar-refractivity contribution in [3.63, 3.8) is 0 Å². The van der Waals surface area contributed by atoms with Crippen molar-refractivity contribution in [2.24, 2.45) is 11.8 Å². The van der Waals surface area contributed by atoms with Gasteiger partial charge in [-0.3, -0.25) is 4.79 Å². The first-order valence-corrected chi connectivity index (χ1v) is 7.12.